The van der Waals surface area contributed by atoms with Crippen molar-refractivity contribution >= 4 is 0 Å². The summed E-state index contributed by atoms with van der Waals surface area (Å²) in [6.07, 6.45) is 12.1. The van der Waals surface area contributed by atoms with Gasteiger partial charge in [-0.2, -0.15) is 0 Å². The summed E-state index contributed by atoms with van der Waals surface area (Å²) < 4.78 is 6.36. The van der Waals surface area contributed by atoms with Crippen LogP contribution in [0.2, 0.25) is 0 Å². The van der Waals surface area contributed by atoms with Crippen LogP contribution < -0.4 is 5.73 Å². The second kappa shape index (κ2) is 5.71. The summed E-state index contributed by atoms with van der Waals surface area (Å²) in [5.74, 6) is 0.597. The molecule has 2 rings (SSSR count). The van der Waals surface area contributed by atoms with E-state index in [1.807, 2.05) is 0 Å². The van der Waals surface area contributed by atoms with Gasteiger partial charge in [0.05, 0.1) is 11.7 Å². The summed E-state index contributed by atoms with van der Waals surface area (Å²) in [6.45, 7) is 4.42. The van der Waals surface area contributed by atoms with Crippen LogP contribution in [0, 0.1) is 5.92 Å². The van der Waals surface area contributed by atoms with E-state index in [1.54, 1.807) is 0 Å². The summed E-state index contributed by atoms with van der Waals surface area (Å²) in [4.78, 5) is 0. The van der Waals surface area contributed by atoms with Crippen LogP contribution in [0.4, 0.5) is 0 Å². The molecule has 2 N–H and O–H groups in total. The highest BCUT2D eigenvalue weighted by molar-refractivity contribution is 4.91. The first-order valence-electron chi connectivity index (χ1n) is 7.55. The lowest BCUT2D eigenvalue weighted by Crippen LogP contribution is -2.32. The standard InChI is InChI=1S/C15H29NO/c1-12(2)14(16)7-6-13-8-11-15(17-13)9-4-3-5-10-15/h12-14H,3-11,16H2,1-2H3. The molecule has 1 aliphatic carbocycles. The molecular weight excluding hydrogens is 210 g/mol. The van der Waals surface area contributed by atoms with Gasteiger partial charge in [0.1, 0.15) is 0 Å². The minimum atomic E-state index is 0.283. The number of hydrogen-bond donors (Lipinski definition) is 1. The van der Waals surface area contributed by atoms with Crippen molar-refractivity contribution in [2.24, 2.45) is 11.7 Å². The fraction of sp³-hybridized carbons (Fsp3) is 1.00. The van der Waals surface area contributed by atoms with E-state index < -0.39 is 0 Å². The van der Waals surface area contributed by atoms with Gasteiger partial charge in [0.15, 0.2) is 0 Å². The molecule has 1 saturated carbocycles. The smallest absolute Gasteiger partial charge is 0.0687 e. The Kier molecular flexibility index (Phi) is 4.48. The molecule has 0 bridgehead atoms. The molecule has 2 nitrogen and oxygen atoms in total. The Morgan fingerprint density at radius 3 is 2.53 bits per heavy atom. The SMILES string of the molecule is CC(C)C(N)CCC1CCC2(CCCCC2)O1. The Bertz CT molecular complexity index is 233. The molecule has 2 fully saturated rings. The highest BCUT2D eigenvalue weighted by Gasteiger charge is 2.40. The molecule has 2 unspecified atom stereocenters. The van der Waals surface area contributed by atoms with Crippen molar-refractivity contribution < 1.29 is 4.74 Å². The molecule has 0 aromatic carbocycles. The summed E-state index contributed by atoms with van der Waals surface area (Å²) in [5.41, 5.74) is 6.39. The van der Waals surface area contributed by atoms with E-state index >= 15 is 0 Å². The topological polar surface area (TPSA) is 35.2 Å². The highest BCUT2D eigenvalue weighted by Crippen LogP contribution is 2.42. The average Bonchev–Trinajstić information content (AvgIpc) is 2.70. The Morgan fingerprint density at radius 1 is 1.18 bits per heavy atom. The summed E-state index contributed by atoms with van der Waals surface area (Å²) >= 11 is 0. The number of rotatable bonds is 4. The summed E-state index contributed by atoms with van der Waals surface area (Å²) in [5, 5.41) is 0. The molecule has 1 aliphatic heterocycles. The van der Waals surface area contributed by atoms with E-state index in [2.05, 4.69) is 13.8 Å². The average molecular weight is 239 g/mol. The second-order valence-corrected chi connectivity index (χ2v) is 6.51. The predicted molar refractivity (Wildman–Crippen MR) is 72.0 cm³/mol. The van der Waals surface area contributed by atoms with E-state index in [0.29, 0.717) is 18.1 Å². The fourth-order valence-corrected chi connectivity index (χ4v) is 3.37. The van der Waals surface area contributed by atoms with Crippen molar-refractivity contribution in [3.8, 4) is 0 Å². The van der Waals surface area contributed by atoms with Gasteiger partial charge in [0.2, 0.25) is 0 Å². The van der Waals surface area contributed by atoms with Gasteiger partial charge < -0.3 is 10.5 Å². The van der Waals surface area contributed by atoms with Crippen LogP contribution in [0.5, 0.6) is 0 Å². The fourth-order valence-electron chi connectivity index (χ4n) is 3.37. The molecular formula is C15H29NO. The molecule has 2 atom stereocenters. The molecule has 0 radical (unpaired) electrons. The van der Waals surface area contributed by atoms with Crippen molar-refractivity contribution in [1.82, 2.24) is 0 Å². The molecule has 1 saturated heterocycles. The monoisotopic (exact) mass is 239 g/mol. The Morgan fingerprint density at radius 2 is 1.88 bits per heavy atom. The van der Waals surface area contributed by atoms with Gasteiger partial charge in [-0.15, -0.1) is 0 Å². The molecule has 2 aliphatic rings. The quantitative estimate of drug-likeness (QED) is 0.813. The van der Waals surface area contributed by atoms with Gasteiger partial charge in [-0.25, -0.2) is 0 Å². The van der Waals surface area contributed by atoms with Crippen molar-refractivity contribution in [3.63, 3.8) is 0 Å². The zero-order valence-corrected chi connectivity index (χ0v) is 11.6. The van der Waals surface area contributed by atoms with E-state index in [1.165, 1.54) is 51.4 Å². The number of nitrogens with two attached hydrogens (primary N) is 1. The van der Waals surface area contributed by atoms with Crippen LogP contribution in [-0.2, 0) is 4.74 Å². The lowest BCUT2D eigenvalue weighted by Gasteiger charge is -2.33. The van der Waals surface area contributed by atoms with Crippen LogP contribution in [0.15, 0.2) is 0 Å². The maximum Gasteiger partial charge on any atom is 0.0687 e. The largest absolute Gasteiger partial charge is 0.372 e. The van der Waals surface area contributed by atoms with Gasteiger partial charge in [-0.05, 0) is 44.4 Å². The van der Waals surface area contributed by atoms with Crippen LogP contribution in [0.1, 0.15) is 71.6 Å². The molecule has 2 heteroatoms. The van der Waals surface area contributed by atoms with Crippen LogP contribution >= 0.6 is 0 Å². The van der Waals surface area contributed by atoms with E-state index in [4.69, 9.17) is 10.5 Å². The first-order chi connectivity index (χ1) is 8.11. The van der Waals surface area contributed by atoms with Gasteiger partial charge >= 0.3 is 0 Å². The maximum atomic E-state index is 6.36. The van der Waals surface area contributed by atoms with Gasteiger partial charge in [0.25, 0.3) is 0 Å². The summed E-state index contributed by atoms with van der Waals surface area (Å²) in [7, 11) is 0. The van der Waals surface area contributed by atoms with Crippen LogP contribution in [0.3, 0.4) is 0 Å². The van der Waals surface area contributed by atoms with Gasteiger partial charge in [-0.1, -0.05) is 33.1 Å². The zero-order chi connectivity index (χ0) is 12.3. The minimum Gasteiger partial charge on any atom is -0.372 e. The predicted octanol–water partition coefficient (Wildman–Crippen LogP) is 3.63. The third kappa shape index (κ3) is 3.45. The maximum absolute atomic E-state index is 6.36. The van der Waals surface area contributed by atoms with Gasteiger partial charge in [0, 0.05) is 6.04 Å². The molecule has 0 aromatic rings. The molecule has 1 spiro atoms. The van der Waals surface area contributed by atoms with Crippen LogP contribution in [-0.4, -0.2) is 17.7 Å². The van der Waals surface area contributed by atoms with Crippen molar-refractivity contribution in [1.29, 1.82) is 0 Å². The number of ether oxygens (including phenoxy) is 1. The normalized spacial score (nSPS) is 30.0. The lowest BCUT2D eigenvalue weighted by atomic mass is 9.83. The lowest BCUT2D eigenvalue weighted by molar-refractivity contribution is -0.0665. The molecule has 100 valence electrons. The molecule has 0 aromatic heterocycles. The van der Waals surface area contributed by atoms with Crippen molar-refractivity contribution in [2.75, 3.05) is 0 Å². The van der Waals surface area contributed by atoms with E-state index in [0.717, 1.165) is 6.42 Å². The van der Waals surface area contributed by atoms with E-state index in [9.17, 15) is 0 Å². The molecule has 17 heavy (non-hydrogen) atoms. The second-order valence-electron chi connectivity index (χ2n) is 6.51. The Labute approximate surface area is 106 Å². The van der Waals surface area contributed by atoms with Gasteiger partial charge in [-0.3, -0.25) is 0 Å². The van der Waals surface area contributed by atoms with Crippen molar-refractivity contribution in [3.05, 3.63) is 0 Å². The first-order valence-corrected chi connectivity index (χ1v) is 7.55. The van der Waals surface area contributed by atoms with Crippen LogP contribution in [0.25, 0.3) is 0 Å². The third-order valence-corrected chi connectivity index (χ3v) is 4.78. The number of hydrogen-bond acceptors (Lipinski definition) is 2. The van der Waals surface area contributed by atoms with Crippen molar-refractivity contribution in [2.45, 2.75) is 89.4 Å². The molecule has 0 amide bonds. The molecule has 1 heterocycles. The Balaban J connectivity index is 1.74. The minimum absolute atomic E-state index is 0.283. The Hall–Kier alpha value is -0.0800. The zero-order valence-electron chi connectivity index (χ0n) is 11.6. The summed E-state index contributed by atoms with van der Waals surface area (Å²) in [6, 6.07) is 0.349. The van der Waals surface area contributed by atoms with E-state index in [-0.39, 0.29) is 5.60 Å². The first kappa shape index (κ1) is 13.4. The highest BCUT2D eigenvalue weighted by atomic mass is 16.5. The third-order valence-electron chi connectivity index (χ3n) is 4.78.